The van der Waals surface area contributed by atoms with Crippen molar-refractivity contribution < 1.29 is 14.7 Å². The summed E-state index contributed by atoms with van der Waals surface area (Å²) in [6, 6.07) is 0. The maximum Gasteiger partial charge on any atom is 0.323 e. The van der Waals surface area contributed by atoms with Gasteiger partial charge in [0.25, 0.3) is 0 Å². The van der Waals surface area contributed by atoms with Crippen molar-refractivity contribution >= 4 is 11.9 Å². The molecule has 1 amide bonds. The van der Waals surface area contributed by atoms with Crippen molar-refractivity contribution in [2.24, 2.45) is 5.41 Å². The second-order valence-electron chi connectivity index (χ2n) is 4.61. The summed E-state index contributed by atoms with van der Waals surface area (Å²) in [5, 5.41) is 8.79. The molecule has 1 rings (SSSR count). The summed E-state index contributed by atoms with van der Waals surface area (Å²) in [5.41, 5.74) is -0.245. The minimum atomic E-state index is -0.924. The van der Waals surface area contributed by atoms with Crippen LogP contribution in [0.3, 0.4) is 0 Å². The average molecular weight is 227 g/mol. The fourth-order valence-corrected chi connectivity index (χ4v) is 2.34. The fourth-order valence-electron chi connectivity index (χ4n) is 2.34. The largest absolute Gasteiger partial charge is 0.480 e. The molecular formula is C12H21NO3. The number of carboxylic acids is 1. The number of hydrogen-bond donors (Lipinski definition) is 1. The number of amides is 1. The summed E-state index contributed by atoms with van der Waals surface area (Å²) in [6.45, 7) is 4.37. The summed E-state index contributed by atoms with van der Waals surface area (Å²) in [4.78, 5) is 24.5. The van der Waals surface area contributed by atoms with E-state index >= 15 is 0 Å². The van der Waals surface area contributed by atoms with Crippen LogP contribution in [0.15, 0.2) is 0 Å². The molecule has 1 N–H and O–H groups in total. The highest BCUT2D eigenvalue weighted by molar-refractivity contribution is 5.86. The quantitative estimate of drug-likeness (QED) is 0.753. The van der Waals surface area contributed by atoms with Crippen LogP contribution < -0.4 is 0 Å². The zero-order valence-electron chi connectivity index (χ0n) is 10.2. The first-order valence-electron chi connectivity index (χ1n) is 6.07. The third-order valence-electron chi connectivity index (χ3n) is 3.55. The number of rotatable bonds is 6. The first-order valence-corrected chi connectivity index (χ1v) is 6.07. The number of aliphatic carboxylic acids is 1. The van der Waals surface area contributed by atoms with E-state index in [1.54, 1.807) is 0 Å². The smallest absolute Gasteiger partial charge is 0.323 e. The summed E-state index contributed by atoms with van der Waals surface area (Å²) in [7, 11) is 0. The Hall–Kier alpha value is -1.06. The third kappa shape index (κ3) is 2.54. The van der Waals surface area contributed by atoms with Crippen LogP contribution in [0.5, 0.6) is 0 Å². The van der Waals surface area contributed by atoms with Crippen molar-refractivity contribution in [3.63, 3.8) is 0 Å². The van der Waals surface area contributed by atoms with Crippen molar-refractivity contribution in [1.29, 1.82) is 0 Å². The fraction of sp³-hybridized carbons (Fsp3) is 0.833. The first kappa shape index (κ1) is 13.0. The summed E-state index contributed by atoms with van der Waals surface area (Å²) in [6.07, 6.45) is 4.56. The Kier molecular flexibility index (Phi) is 4.33. The van der Waals surface area contributed by atoms with Crippen LogP contribution in [0.25, 0.3) is 0 Å². The Morgan fingerprint density at radius 3 is 2.25 bits per heavy atom. The molecule has 16 heavy (non-hydrogen) atoms. The molecule has 0 bridgehead atoms. The molecule has 0 unspecified atom stereocenters. The number of carboxylic acid groups (broad SMARTS) is 1. The molecule has 1 fully saturated rings. The van der Waals surface area contributed by atoms with Crippen LogP contribution in [0.4, 0.5) is 0 Å². The molecule has 0 saturated heterocycles. The highest BCUT2D eigenvalue weighted by Crippen LogP contribution is 2.45. The summed E-state index contributed by atoms with van der Waals surface area (Å²) < 4.78 is 0. The average Bonchev–Trinajstić information content (AvgIpc) is 2.15. The monoisotopic (exact) mass is 227 g/mol. The first-order chi connectivity index (χ1) is 7.55. The lowest BCUT2D eigenvalue weighted by Crippen LogP contribution is -2.49. The van der Waals surface area contributed by atoms with Gasteiger partial charge in [0.1, 0.15) is 6.54 Å². The molecule has 0 aromatic rings. The van der Waals surface area contributed by atoms with E-state index < -0.39 is 5.97 Å². The van der Waals surface area contributed by atoms with Crippen molar-refractivity contribution in [2.75, 3.05) is 13.1 Å². The Labute approximate surface area is 96.6 Å². The van der Waals surface area contributed by atoms with Gasteiger partial charge in [-0.25, -0.2) is 0 Å². The van der Waals surface area contributed by atoms with Gasteiger partial charge in [0.05, 0.1) is 0 Å². The van der Waals surface area contributed by atoms with Crippen LogP contribution >= 0.6 is 0 Å². The molecule has 92 valence electrons. The van der Waals surface area contributed by atoms with E-state index in [1.807, 2.05) is 13.8 Å². The van der Waals surface area contributed by atoms with Gasteiger partial charge < -0.3 is 10.0 Å². The van der Waals surface area contributed by atoms with Crippen molar-refractivity contribution in [1.82, 2.24) is 4.90 Å². The molecule has 1 aliphatic carbocycles. The van der Waals surface area contributed by atoms with Gasteiger partial charge in [-0.05, 0) is 25.7 Å². The number of hydrogen-bond acceptors (Lipinski definition) is 2. The second-order valence-corrected chi connectivity index (χ2v) is 4.61. The lowest BCUT2D eigenvalue weighted by Gasteiger charge is -2.42. The van der Waals surface area contributed by atoms with E-state index in [4.69, 9.17) is 5.11 Å². The molecular weight excluding hydrogens is 206 g/mol. The third-order valence-corrected chi connectivity index (χ3v) is 3.55. The topological polar surface area (TPSA) is 57.6 Å². The molecule has 0 spiro atoms. The molecule has 4 heteroatoms. The van der Waals surface area contributed by atoms with Gasteiger partial charge in [0, 0.05) is 12.0 Å². The lowest BCUT2D eigenvalue weighted by atomic mass is 9.66. The van der Waals surface area contributed by atoms with Crippen molar-refractivity contribution in [3.8, 4) is 0 Å². The van der Waals surface area contributed by atoms with Crippen LogP contribution in [0.1, 0.15) is 46.0 Å². The van der Waals surface area contributed by atoms with E-state index in [2.05, 4.69) is 0 Å². The number of nitrogens with zero attached hydrogens (tertiary/aromatic N) is 1. The SMILES string of the molecule is CCCN(CC(=O)O)C(=O)C1(CC)CCC1. The summed E-state index contributed by atoms with van der Waals surface area (Å²) >= 11 is 0. The van der Waals surface area contributed by atoms with Gasteiger partial charge in [-0.15, -0.1) is 0 Å². The number of carbonyl (C=O) groups is 2. The predicted octanol–water partition coefficient (Wildman–Crippen LogP) is 1.89. The molecule has 0 radical (unpaired) electrons. The molecule has 1 saturated carbocycles. The molecule has 0 aromatic carbocycles. The summed E-state index contributed by atoms with van der Waals surface area (Å²) in [5.74, 6) is -0.877. The maximum atomic E-state index is 12.3. The van der Waals surface area contributed by atoms with E-state index in [0.717, 1.165) is 32.1 Å². The van der Waals surface area contributed by atoms with Gasteiger partial charge in [0.15, 0.2) is 0 Å². The molecule has 0 aliphatic heterocycles. The predicted molar refractivity (Wildman–Crippen MR) is 61.1 cm³/mol. The van der Waals surface area contributed by atoms with Crippen LogP contribution in [0.2, 0.25) is 0 Å². The highest BCUT2D eigenvalue weighted by atomic mass is 16.4. The highest BCUT2D eigenvalue weighted by Gasteiger charge is 2.44. The lowest BCUT2D eigenvalue weighted by molar-refractivity contribution is -0.153. The molecule has 0 aromatic heterocycles. The van der Waals surface area contributed by atoms with Crippen LogP contribution in [0, 0.1) is 5.41 Å². The second kappa shape index (κ2) is 5.32. The Morgan fingerprint density at radius 1 is 1.31 bits per heavy atom. The van der Waals surface area contributed by atoms with E-state index in [0.29, 0.717) is 6.54 Å². The maximum absolute atomic E-state index is 12.3. The van der Waals surface area contributed by atoms with E-state index in [-0.39, 0.29) is 17.9 Å². The van der Waals surface area contributed by atoms with Crippen molar-refractivity contribution in [3.05, 3.63) is 0 Å². The van der Waals surface area contributed by atoms with Crippen LogP contribution in [-0.4, -0.2) is 35.0 Å². The molecule has 0 atom stereocenters. The van der Waals surface area contributed by atoms with Crippen LogP contribution in [-0.2, 0) is 9.59 Å². The Balaban J connectivity index is 2.69. The van der Waals surface area contributed by atoms with E-state index in [1.165, 1.54) is 4.90 Å². The zero-order valence-corrected chi connectivity index (χ0v) is 10.2. The molecule has 4 nitrogen and oxygen atoms in total. The van der Waals surface area contributed by atoms with Gasteiger partial charge in [-0.3, -0.25) is 9.59 Å². The van der Waals surface area contributed by atoms with Crippen molar-refractivity contribution in [2.45, 2.75) is 46.0 Å². The van der Waals surface area contributed by atoms with E-state index in [9.17, 15) is 9.59 Å². The van der Waals surface area contributed by atoms with Gasteiger partial charge in [-0.1, -0.05) is 20.3 Å². The normalized spacial score (nSPS) is 17.6. The minimum absolute atomic E-state index is 0.0468. The Bertz CT molecular complexity index is 266. The standard InChI is InChI=1S/C12H21NO3/c1-3-8-13(9-10(14)15)11(16)12(4-2)6-5-7-12/h3-9H2,1-2H3,(H,14,15). The Morgan fingerprint density at radius 2 is 1.94 bits per heavy atom. The number of carbonyl (C=O) groups excluding carboxylic acids is 1. The van der Waals surface area contributed by atoms with Gasteiger partial charge in [-0.2, -0.15) is 0 Å². The molecule has 1 aliphatic rings. The molecule has 0 heterocycles. The zero-order chi connectivity index (χ0) is 12.2. The van der Waals surface area contributed by atoms with Gasteiger partial charge >= 0.3 is 5.97 Å². The minimum Gasteiger partial charge on any atom is -0.480 e. The van der Waals surface area contributed by atoms with Gasteiger partial charge in [0.2, 0.25) is 5.91 Å².